The molecule has 1 atom stereocenters. The zero-order valence-electron chi connectivity index (χ0n) is 17.7. The van der Waals surface area contributed by atoms with E-state index in [-0.39, 0.29) is 17.9 Å². The Bertz CT molecular complexity index is 485. The number of carbonyl (C=O) groups is 2. The van der Waals surface area contributed by atoms with Gasteiger partial charge in [-0.2, -0.15) is 0 Å². The van der Waals surface area contributed by atoms with Crippen LogP contribution in [-0.2, 0) is 9.59 Å². The lowest BCUT2D eigenvalue weighted by Gasteiger charge is -2.39. The number of amides is 2. The van der Waals surface area contributed by atoms with E-state index in [4.69, 9.17) is 0 Å². The topological polar surface area (TPSA) is 58.2 Å². The van der Waals surface area contributed by atoms with E-state index in [1.807, 2.05) is 0 Å². The van der Waals surface area contributed by atoms with Crippen molar-refractivity contribution in [2.75, 3.05) is 0 Å². The minimum absolute atomic E-state index is 0.000512. The van der Waals surface area contributed by atoms with E-state index >= 15 is 0 Å². The summed E-state index contributed by atoms with van der Waals surface area (Å²) in [6, 6.07) is -0.196. The quantitative estimate of drug-likeness (QED) is 0.601. The Balaban J connectivity index is 2.09. The van der Waals surface area contributed by atoms with E-state index in [2.05, 4.69) is 31.1 Å². The zero-order valence-corrected chi connectivity index (χ0v) is 17.7. The Morgan fingerprint density at radius 2 is 1.37 bits per heavy atom. The van der Waals surface area contributed by atoms with Crippen molar-refractivity contribution in [3.8, 4) is 0 Å². The molecule has 0 radical (unpaired) electrons. The summed E-state index contributed by atoms with van der Waals surface area (Å²) in [5, 5.41) is 6.33. The summed E-state index contributed by atoms with van der Waals surface area (Å²) >= 11 is 0. The minimum atomic E-state index is -0.469. The van der Waals surface area contributed by atoms with Crippen molar-refractivity contribution in [3.63, 3.8) is 0 Å². The number of carbonyl (C=O) groups excluding carboxylic acids is 2. The predicted molar refractivity (Wildman–Crippen MR) is 111 cm³/mol. The monoisotopic (exact) mass is 376 g/mol. The lowest BCUT2D eigenvalue weighted by atomic mass is 9.73. The molecule has 154 valence electrons. The molecule has 2 aliphatic carbocycles. The molecule has 2 N–H and O–H groups in total. The van der Waals surface area contributed by atoms with Crippen molar-refractivity contribution in [2.45, 2.75) is 103 Å². The van der Waals surface area contributed by atoms with E-state index in [0.29, 0.717) is 29.7 Å². The van der Waals surface area contributed by atoms with E-state index in [0.717, 1.165) is 0 Å². The molecule has 0 aromatic heterocycles. The Labute approximate surface area is 165 Å². The molecule has 2 saturated carbocycles. The van der Waals surface area contributed by atoms with Crippen molar-refractivity contribution >= 4 is 11.8 Å². The molecule has 0 aliphatic heterocycles. The smallest absolute Gasteiger partial charge is 0.246 e. The van der Waals surface area contributed by atoms with Gasteiger partial charge in [-0.25, -0.2) is 0 Å². The molecular formula is C23H40N2O2. The molecule has 0 unspecified atom stereocenters. The molecule has 0 aromatic rings. The van der Waals surface area contributed by atoms with Gasteiger partial charge in [-0.05, 0) is 56.8 Å². The maximum atomic E-state index is 13.2. The Morgan fingerprint density at radius 3 is 1.78 bits per heavy atom. The Hall–Kier alpha value is -1.32. The average molecular weight is 377 g/mol. The largest absolute Gasteiger partial charge is 0.351 e. The van der Waals surface area contributed by atoms with Crippen LogP contribution >= 0.6 is 0 Å². The number of hydrogen-bond donors (Lipinski definition) is 2. The molecule has 27 heavy (non-hydrogen) atoms. The highest BCUT2D eigenvalue weighted by molar-refractivity contribution is 5.96. The Morgan fingerprint density at radius 1 is 0.889 bits per heavy atom. The SMILES string of the molecule is C=C(C)C(=O)N[C@H](CC(C)C)C(=O)NC(C1CCCCC1)C1CCCCC1. The zero-order chi connectivity index (χ0) is 19.8. The van der Waals surface area contributed by atoms with Crippen LogP contribution in [0.3, 0.4) is 0 Å². The summed E-state index contributed by atoms with van der Waals surface area (Å²) in [6.07, 6.45) is 13.4. The van der Waals surface area contributed by atoms with Gasteiger partial charge < -0.3 is 10.6 Å². The fourth-order valence-electron chi connectivity index (χ4n) is 4.86. The lowest BCUT2D eigenvalue weighted by molar-refractivity contribution is -0.129. The van der Waals surface area contributed by atoms with Crippen molar-refractivity contribution in [1.82, 2.24) is 10.6 Å². The summed E-state index contributed by atoms with van der Waals surface area (Å²) in [4.78, 5) is 25.3. The average Bonchev–Trinajstić information content (AvgIpc) is 2.66. The van der Waals surface area contributed by atoms with Crippen molar-refractivity contribution in [1.29, 1.82) is 0 Å². The van der Waals surface area contributed by atoms with Crippen molar-refractivity contribution < 1.29 is 9.59 Å². The minimum Gasteiger partial charge on any atom is -0.351 e. The van der Waals surface area contributed by atoms with Crippen LogP contribution in [0, 0.1) is 17.8 Å². The molecule has 0 heterocycles. The second-order valence-corrected chi connectivity index (χ2v) is 9.27. The summed E-state index contributed by atoms with van der Waals surface area (Å²) < 4.78 is 0. The second-order valence-electron chi connectivity index (χ2n) is 9.27. The van der Waals surface area contributed by atoms with Gasteiger partial charge in [-0.3, -0.25) is 9.59 Å². The first-order valence-corrected chi connectivity index (χ1v) is 11.1. The van der Waals surface area contributed by atoms with E-state index in [1.54, 1.807) is 6.92 Å². The third-order valence-corrected chi connectivity index (χ3v) is 6.34. The normalized spacial score (nSPS) is 20.5. The van der Waals surface area contributed by atoms with Crippen LogP contribution < -0.4 is 10.6 Å². The molecule has 2 fully saturated rings. The third-order valence-electron chi connectivity index (χ3n) is 6.34. The van der Waals surface area contributed by atoms with Crippen LogP contribution in [0.5, 0.6) is 0 Å². The predicted octanol–water partition coefficient (Wildman–Crippen LogP) is 4.74. The van der Waals surface area contributed by atoms with E-state index in [1.165, 1.54) is 64.2 Å². The number of rotatable bonds is 8. The molecule has 4 heteroatoms. The van der Waals surface area contributed by atoms with Crippen molar-refractivity contribution in [3.05, 3.63) is 12.2 Å². The highest BCUT2D eigenvalue weighted by Gasteiger charge is 2.34. The van der Waals surface area contributed by atoms with E-state index in [9.17, 15) is 9.59 Å². The van der Waals surface area contributed by atoms with Gasteiger partial charge in [0.1, 0.15) is 6.04 Å². The van der Waals surface area contributed by atoms with Gasteiger partial charge >= 0.3 is 0 Å². The fourth-order valence-corrected chi connectivity index (χ4v) is 4.86. The van der Waals surface area contributed by atoms with Gasteiger partial charge in [0.05, 0.1) is 0 Å². The summed E-state index contributed by atoms with van der Waals surface area (Å²) in [7, 11) is 0. The van der Waals surface area contributed by atoms with Crippen LogP contribution in [0.1, 0.15) is 91.4 Å². The van der Waals surface area contributed by atoms with Crippen LogP contribution in [0.4, 0.5) is 0 Å². The molecule has 2 amide bonds. The molecule has 2 rings (SSSR count). The van der Waals surface area contributed by atoms with Crippen LogP contribution in [-0.4, -0.2) is 23.9 Å². The summed E-state index contributed by atoms with van der Waals surface area (Å²) in [5.41, 5.74) is 0.452. The maximum Gasteiger partial charge on any atom is 0.246 e. The number of hydrogen-bond acceptors (Lipinski definition) is 2. The number of nitrogens with one attached hydrogen (secondary N) is 2. The molecule has 0 aromatic carbocycles. The first-order chi connectivity index (χ1) is 12.9. The Kier molecular flexibility index (Phi) is 8.85. The van der Waals surface area contributed by atoms with Crippen molar-refractivity contribution in [2.24, 2.45) is 17.8 Å². The highest BCUT2D eigenvalue weighted by atomic mass is 16.2. The summed E-state index contributed by atoms with van der Waals surface area (Å²) in [6.45, 7) is 9.58. The standard InChI is InChI=1S/C23H40N2O2/c1-16(2)15-20(24-22(26)17(3)4)23(27)25-21(18-11-7-5-8-12-18)19-13-9-6-10-14-19/h16,18-21H,3,5-15H2,1-2,4H3,(H,24,26)(H,25,27)/t20-/m1/s1. The van der Waals surface area contributed by atoms with Gasteiger partial charge in [0.2, 0.25) is 11.8 Å². The summed E-state index contributed by atoms with van der Waals surface area (Å²) in [5.74, 6) is 1.32. The molecule has 0 bridgehead atoms. The van der Waals surface area contributed by atoms with Gasteiger partial charge in [-0.15, -0.1) is 0 Å². The third kappa shape index (κ3) is 6.97. The molecule has 0 saturated heterocycles. The van der Waals surface area contributed by atoms with Crippen LogP contribution in [0.2, 0.25) is 0 Å². The molecular weight excluding hydrogens is 336 g/mol. The van der Waals surface area contributed by atoms with Gasteiger partial charge in [0.25, 0.3) is 0 Å². The first-order valence-electron chi connectivity index (χ1n) is 11.1. The van der Waals surface area contributed by atoms with Gasteiger partial charge in [0, 0.05) is 11.6 Å². The van der Waals surface area contributed by atoms with Crippen LogP contribution in [0.15, 0.2) is 12.2 Å². The van der Waals surface area contributed by atoms with E-state index < -0.39 is 6.04 Å². The fraction of sp³-hybridized carbons (Fsp3) is 0.826. The van der Waals surface area contributed by atoms with Crippen LogP contribution in [0.25, 0.3) is 0 Å². The lowest BCUT2D eigenvalue weighted by Crippen LogP contribution is -2.54. The maximum absolute atomic E-state index is 13.2. The molecule has 4 nitrogen and oxygen atoms in total. The van der Waals surface area contributed by atoms with Gasteiger partial charge in [-0.1, -0.05) is 59.0 Å². The van der Waals surface area contributed by atoms with Gasteiger partial charge in [0.15, 0.2) is 0 Å². The molecule has 2 aliphatic rings. The first kappa shape index (κ1) is 22.0. The highest BCUT2D eigenvalue weighted by Crippen LogP contribution is 2.35. The second kappa shape index (κ2) is 10.9. The molecule has 0 spiro atoms.